The van der Waals surface area contributed by atoms with E-state index in [9.17, 15) is 5.26 Å². The first-order valence-corrected chi connectivity index (χ1v) is 16.2. The van der Waals surface area contributed by atoms with Crippen LogP contribution in [0.3, 0.4) is 0 Å². The molecule has 3 aromatic carbocycles. The van der Waals surface area contributed by atoms with Crippen molar-refractivity contribution in [2.45, 2.75) is 51.9 Å². The van der Waals surface area contributed by atoms with Crippen molar-refractivity contribution in [1.29, 1.82) is 5.26 Å². The molecule has 2 aliphatic heterocycles. The molecule has 0 saturated carbocycles. The Labute approximate surface area is 274 Å². The van der Waals surface area contributed by atoms with Crippen LogP contribution in [0.1, 0.15) is 46.5 Å². The summed E-state index contributed by atoms with van der Waals surface area (Å²) in [5.74, 6) is 3.03. The molecule has 5 aromatic rings. The number of rotatable bonds is 8. The fourth-order valence-electron chi connectivity index (χ4n) is 6.18. The first kappa shape index (κ1) is 30.7. The number of hydrogen-bond donors (Lipinski definition) is 0. The first-order chi connectivity index (χ1) is 23.1. The average molecular weight is 631 g/mol. The van der Waals surface area contributed by atoms with Gasteiger partial charge in [-0.1, -0.05) is 24.3 Å². The molecule has 4 heterocycles. The van der Waals surface area contributed by atoms with Crippen molar-refractivity contribution in [2.24, 2.45) is 0 Å². The number of aryl methyl sites for hydroxylation is 2. The normalized spacial score (nSPS) is 15.8. The van der Waals surface area contributed by atoms with E-state index < -0.39 is 0 Å². The van der Waals surface area contributed by atoms with Crippen LogP contribution in [0.5, 0.6) is 17.4 Å². The predicted octanol–water partition coefficient (Wildman–Crippen LogP) is 6.59. The fraction of sp³-hybridized carbons (Fsp3) is 0.342. The summed E-state index contributed by atoms with van der Waals surface area (Å²) in [5.41, 5.74) is 8.53. The summed E-state index contributed by atoms with van der Waals surface area (Å²) in [5, 5.41) is 9.50. The molecular weight excluding hydrogens is 592 g/mol. The van der Waals surface area contributed by atoms with Crippen molar-refractivity contribution in [2.75, 3.05) is 33.5 Å². The Morgan fingerprint density at radius 1 is 0.979 bits per heavy atom. The van der Waals surface area contributed by atoms with Crippen molar-refractivity contribution in [3.05, 3.63) is 100 Å². The minimum Gasteiger partial charge on any atom is -0.493 e. The molecule has 0 N–H and O–H groups in total. The lowest BCUT2D eigenvalue weighted by atomic mass is 10.0. The van der Waals surface area contributed by atoms with Gasteiger partial charge in [0.05, 0.1) is 48.7 Å². The molecule has 0 amide bonds. The van der Waals surface area contributed by atoms with Crippen molar-refractivity contribution >= 4 is 11.0 Å². The van der Waals surface area contributed by atoms with Gasteiger partial charge >= 0.3 is 0 Å². The lowest BCUT2D eigenvalue weighted by Crippen LogP contribution is -2.31. The van der Waals surface area contributed by atoms with Crippen molar-refractivity contribution in [3.63, 3.8) is 0 Å². The lowest BCUT2D eigenvalue weighted by Gasteiger charge is -2.27. The number of nitrogens with zero attached hydrogens (tertiary/aromatic N) is 4. The summed E-state index contributed by atoms with van der Waals surface area (Å²) in [6.45, 7) is 5.45. The van der Waals surface area contributed by atoms with Gasteiger partial charge in [-0.3, -0.25) is 0 Å². The highest BCUT2D eigenvalue weighted by molar-refractivity contribution is 5.83. The highest BCUT2D eigenvalue weighted by atomic mass is 16.5. The summed E-state index contributed by atoms with van der Waals surface area (Å²) in [7, 11) is 1.67. The van der Waals surface area contributed by atoms with Gasteiger partial charge in [-0.15, -0.1) is 0 Å². The van der Waals surface area contributed by atoms with Crippen LogP contribution >= 0.6 is 0 Å². The van der Waals surface area contributed by atoms with Crippen LogP contribution in [-0.2, 0) is 35.5 Å². The molecule has 4 bridgehead atoms. The largest absolute Gasteiger partial charge is 0.493 e. The Hall–Kier alpha value is -4.91. The van der Waals surface area contributed by atoms with Crippen LogP contribution in [0, 0.1) is 18.3 Å². The maximum Gasteiger partial charge on any atom is 0.214 e. The molecule has 7 rings (SSSR count). The maximum atomic E-state index is 9.50. The molecule has 240 valence electrons. The molecule has 0 spiro atoms. The number of ether oxygens (including phenoxy) is 5. The van der Waals surface area contributed by atoms with E-state index in [-0.39, 0.29) is 6.10 Å². The molecule has 1 fully saturated rings. The molecule has 9 heteroatoms. The summed E-state index contributed by atoms with van der Waals surface area (Å²) in [4.78, 5) is 9.98. The van der Waals surface area contributed by atoms with E-state index in [0.29, 0.717) is 44.3 Å². The zero-order valence-electron chi connectivity index (χ0n) is 26.8. The van der Waals surface area contributed by atoms with Gasteiger partial charge in [-0.25, -0.2) is 9.97 Å². The van der Waals surface area contributed by atoms with Gasteiger partial charge < -0.3 is 28.3 Å². The average Bonchev–Trinajstić information content (AvgIpc) is 3.40. The molecule has 0 aliphatic carbocycles. The number of benzene rings is 3. The molecule has 1 unspecified atom stereocenters. The summed E-state index contributed by atoms with van der Waals surface area (Å²) >= 11 is 0. The molecule has 2 aliphatic rings. The smallest absolute Gasteiger partial charge is 0.214 e. The molecule has 0 radical (unpaired) electrons. The van der Waals surface area contributed by atoms with E-state index in [4.69, 9.17) is 33.7 Å². The van der Waals surface area contributed by atoms with E-state index in [2.05, 4.69) is 41.8 Å². The third kappa shape index (κ3) is 6.80. The van der Waals surface area contributed by atoms with Crippen LogP contribution in [0.4, 0.5) is 0 Å². The second-order valence-electron chi connectivity index (χ2n) is 12.1. The van der Waals surface area contributed by atoms with Crippen LogP contribution < -0.4 is 14.2 Å². The first-order valence-electron chi connectivity index (χ1n) is 16.2. The van der Waals surface area contributed by atoms with Crippen LogP contribution in [-0.4, -0.2) is 54.2 Å². The lowest BCUT2D eigenvalue weighted by molar-refractivity contribution is -0.0589. The molecular formula is C38H38N4O5. The van der Waals surface area contributed by atoms with Gasteiger partial charge in [0.15, 0.2) is 0 Å². The number of methoxy groups -OCH3 is 1. The quantitative estimate of drug-likeness (QED) is 0.177. The number of pyridine rings is 1. The maximum absolute atomic E-state index is 9.50. The van der Waals surface area contributed by atoms with Gasteiger partial charge in [0.1, 0.15) is 36.1 Å². The molecule has 47 heavy (non-hydrogen) atoms. The number of aromatic nitrogens is 3. The summed E-state index contributed by atoms with van der Waals surface area (Å²) < 4.78 is 32.2. The van der Waals surface area contributed by atoms with E-state index in [0.717, 1.165) is 94.3 Å². The highest BCUT2D eigenvalue weighted by Gasteiger charge is 2.24. The number of imidazole rings is 1. The van der Waals surface area contributed by atoms with Crippen molar-refractivity contribution in [1.82, 2.24) is 14.5 Å². The van der Waals surface area contributed by atoms with Gasteiger partial charge in [0.2, 0.25) is 5.88 Å². The van der Waals surface area contributed by atoms with Crippen LogP contribution in [0.2, 0.25) is 0 Å². The van der Waals surface area contributed by atoms with E-state index in [1.807, 2.05) is 42.5 Å². The van der Waals surface area contributed by atoms with Gasteiger partial charge in [-0.05, 0) is 79.3 Å². The number of hydrogen-bond acceptors (Lipinski definition) is 8. The van der Waals surface area contributed by atoms with Gasteiger partial charge in [0.25, 0.3) is 0 Å². The minimum atomic E-state index is 0.158. The van der Waals surface area contributed by atoms with Gasteiger partial charge in [-0.2, -0.15) is 5.26 Å². The zero-order valence-corrected chi connectivity index (χ0v) is 26.8. The fourth-order valence-corrected chi connectivity index (χ4v) is 6.18. The summed E-state index contributed by atoms with van der Waals surface area (Å²) in [6.07, 6.45) is 3.30. The molecule has 1 saturated heterocycles. The molecule has 9 nitrogen and oxygen atoms in total. The summed E-state index contributed by atoms with van der Waals surface area (Å²) in [6, 6.07) is 24.3. The van der Waals surface area contributed by atoms with Gasteiger partial charge in [0, 0.05) is 37.3 Å². The second kappa shape index (κ2) is 13.8. The Morgan fingerprint density at radius 2 is 1.89 bits per heavy atom. The van der Waals surface area contributed by atoms with Crippen molar-refractivity contribution < 1.29 is 23.7 Å². The Morgan fingerprint density at radius 3 is 2.72 bits per heavy atom. The minimum absolute atomic E-state index is 0.158. The standard InChI is InChI=1S/C38H38N4O5/c1-25-17-33-38(35(18-25)46-16-15-43-2)41-36(42(33)23-31-12-14-44-31)21-29-11-10-28-20-34(29)45-13-4-5-27-19-26(22-39)8-9-30(27)24-47-37-7-3-6-32(28)40-37/h3,6-11,17-20,31H,4-5,12-16,21,23-24H2,1-2H3. The van der Waals surface area contributed by atoms with Crippen molar-refractivity contribution in [3.8, 4) is 34.7 Å². The molecule has 1 atom stereocenters. The zero-order chi connectivity index (χ0) is 32.2. The third-order valence-corrected chi connectivity index (χ3v) is 8.76. The Balaban J connectivity index is 1.25. The monoisotopic (exact) mass is 630 g/mol. The number of nitriles is 1. The second-order valence-corrected chi connectivity index (χ2v) is 12.1. The third-order valence-electron chi connectivity index (χ3n) is 8.76. The van der Waals surface area contributed by atoms with E-state index in [1.165, 1.54) is 0 Å². The van der Waals surface area contributed by atoms with E-state index >= 15 is 0 Å². The topological polar surface area (TPSA) is 101 Å². The SMILES string of the molecule is COCCOc1cc(C)cc2c1nc(Cc1ccc3cc1OCCCc1cc(C#N)ccc1COc1cccc-3n1)n2CC1CCO1. The number of fused-ring (bicyclic) bond motifs is 7. The predicted molar refractivity (Wildman–Crippen MR) is 178 cm³/mol. The Kier molecular flexibility index (Phi) is 9.05. The van der Waals surface area contributed by atoms with Crippen LogP contribution in [0.15, 0.2) is 66.7 Å². The van der Waals surface area contributed by atoms with E-state index in [1.54, 1.807) is 7.11 Å². The Bertz CT molecular complexity index is 1940. The highest BCUT2D eigenvalue weighted by Crippen LogP contribution is 2.34. The van der Waals surface area contributed by atoms with Crippen LogP contribution in [0.25, 0.3) is 22.3 Å². The molecule has 2 aromatic heterocycles.